The van der Waals surface area contributed by atoms with Crippen molar-refractivity contribution < 1.29 is 9.59 Å². The van der Waals surface area contributed by atoms with Crippen LogP contribution in [0.4, 0.5) is 0 Å². The van der Waals surface area contributed by atoms with Crippen LogP contribution in [-0.2, 0) is 17.8 Å². The van der Waals surface area contributed by atoms with Crippen molar-refractivity contribution in [2.24, 2.45) is 0 Å². The van der Waals surface area contributed by atoms with Crippen LogP contribution < -0.4 is 5.32 Å². The van der Waals surface area contributed by atoms with E-state index in [9.17, 15) is 9.59 Å². The Balaban J connectivity index is 1.49. The standard InChI is InChI=1S/C22H26N4O2S/c1-16-7-4-5-13-25(16)21(27)15-26-18-9-3-2-8-17(18)24-20(26)11-12-23-22(28)19-10-6-14-29-19/h2-3,6,8-10,14,16H,4-5,7,11-13,15H2,1H3,(H,23,28). The van der Waals surface area contributed by atoms with Gasteiger partial charge >= 0.3 is 0 Å². The molecule has 1 atom stereocenters. The minimum absolute atomic E-state index is 0.0686. The van der Waals surface area contributed by atoms with Gasteiger partial charge in [-0.3, -0.25) is 9.59 Å². The summed E-state index contributed by atoms with van der Waals surface area (Å²) in [5.41, 5.74) is 1.84. The lowest BCUT2D eigenvalue weighted by atomic mass is 10.0. The number of thiophene rings is 1. The Morgan fingerprint density at radius 3 is 2.86 bits per heavy atom. The highest BCUT2D eigenvalue weighted by atomic mass is 32.1. The number of imidazole rings is 1. The van der Waals surface area contributed by atoms with Gasteiger partial charge in [0.2, 0.25) is 5.91 Å². The molecule has 0 aliphatic carbocycles. The molecule has 4 rings (SSSR count). The summed E-state index contributed by atoms with van der Waals surface area (Å²) in [5.74, 6) is 0.904. The minimum atomic E-state index is -0.0686. The van der Waals surface area contributed by atoms with Crippen LogP contribution in [0.5, 0.6) is 0 Å². The molecule has 6 nitrogen and oxygen atoms in total. The van der Waals surface area contributed by atoms with E-state index in [2.05, 4.69) is 12.2 Å². The van der Waals surface area contributed by atoms with Crippen LogP contribution in [0.25, 0.3) is 11.0 Å². The minimum Gasteiger partial charge on any atom is -0.351 e. The molecular formula is C22H26N4O2S. The van der Waals surface area contributed by atoms with Crippen LogP contribution in [0, 0.1) is 0 Å². The molecule has 1 unspecified atom stereocenters. The van der Waals surface area contributed by atoms with E-state index < -0.39 is 0 Å². The molecule has 3 aromatic rings. The maximum Gasteiger partial charge on any atom is 0.261 e. The quantitative estimate of drug-likeness (QED) is 0.677. The lowest BCUT2D eigenvalue weighted by Gasteiger charge is -2.33. The predicted octanol–water partition coefficient (Wildman–Crippen LogP) is 3.47. The molecule has 3 heterocycles. The third kappa shape index (κ3) is 4.34. The van der Waals surface area contributed by atoms with E-state index in [0.717, 1.165) is 36.2 Å². The van der Waals surface area contributed by atoms with Crippen LogP contribution >= 0.6 is 11.3 Å². The Morgan fingerprint density at radius 2 is 2.07 bits per heavy atom. The smallest absolute Gasteiger partial charge is 0.261 e. The number of likely N-dealkylation sites (tertiary alicyclic amines) is 1. The van der Waals surface area contributed by atoms with Gasteiger partial charge in [-0.2, -0.15) is 0 Å². The number of nitrogens with one attached hydrogen (secondary N) is 1. The van der Waals surface area contributed by atoms with Gasteiger partial charge in [-0.05, 0) is 49.8 Å². The van der Waals surface area contributed by atoms with Crippen molar-refractivity contribution in [3.63, 3.8) is 0 Å². The molecule has 0 bridgehead atoms. The van der Waals surface area contributed by atoms with Crippen molar-refractivity contribution >= 4 is 34.2 Å². The van der Waals surface area contributed by atoms with E-state index in [0.29, 0.717) is 30.4 Å². The number of carbonyl (C=O) groups excluding carboxylic acids is 2. The molecule has 1 fully saturated rings. The van der Waals surface area contributed by atoms with Gasteiger partial charge in [0.05, 0.1) is 15.9 Å². The maximum absolute atomic E-state index is 13.0. The van der Waals surface area contributed by atoms with Crippen molar-refractivity contribution in [2.45, 2.75) is 45.2 Å². The van der Waals surface area contributed by atoms with Gasteiger partial charge < -0.3 is 14.8 Å². The summed E-state index contributed by atoms with van der Waals surface area (Å²) >= 11 is 1.43. The Bertz CT molecular complexity index is 996. The van der Waals surface area contributed by atoms with Crippen LogP contribution in [0.15, 0.2) is 41.8 Å². The van der Waals surface area contributed by atoms with E-state index in [1.54, 1.807) is 0 Å². The first-order valence-corrected chi connectivity index (χ1v) is 11.1. The summed E-state index contributed by atoms with van der Waals surface area (Å²) < 4.78 is 2.01. The Hall–Kier alpha value is -2.67. The SMILES string of the molecule is CC1CCCCN1C(=O)Cn1c(CCNC(=O)c2cccs2)nc2ccccc21. The van der Waals surface area contributed by atoms with Crippen LogP contribution in [-0.4, -0.2) is 45.4 Å². The Morgan fingerprint density at radius 1 is 1.21 bits per heavy atom. The van der Waals surface area contributed by atoms with E-state index in [4.69, 9.17) is 4.98 Å². The number of fused-ring (bicyclic) bond motifs is 1. The second-order valence-electron chi connectivity index (χ2n) is 7.52. The molecule has 0 spiro atoms. The normalized spacial score (nSPS) is 16.9. The number of amides is 2. The molecule has 1 aliphatic rings. The Labute approximate surface area is 174 Å². The first-order chi connectivity index (χ1) is 14.1. The summed E-state index contributed by atoms with van der Waals surface area (Å²) in [7, 11) is 0. The molecule has 0 saturated carbocycles. The van der Waals surface area contributed by atoms with E-state index in [1.807, 2.05) is 51.2 Å². The van der Waals surface area contributed by atoms with Gasteiger partial charge in [0.25, 0.3) is 5.91 Å². The number of hydrogen-bond donors (Lipinski definition) is 1. The second-order valence-corrected chi connectivity index (χ2v) is 8.47. The van der Waals surface area contributed by atoms with Gasteiger partial charge in [0.15, 0.2) is 0 Å². The first-order valence-electron chi connectivity index (χ1n) is 10.2. The molecule has 29 heavy (non-hydrogen) atoms. The molecule has 0 radical (unpaired) electrons. The van der Waals surface area contributed by atoms with E-state index >= 15 is 0 Å². The average molecular weight is 411 g/mol. The summed E-state index contributed by atoms with van der Waals surface area (Å²) in [4.78, 5) is 32.6. The lowest BCUT2D eigenvalue weighted by molar-refractivity contribution is -0.135. The van der Waals surface area contributed by atoms with Crippen LogP contribution in [0.1, 0.15) is 41.7 Å². The summed E-state index contributed by atoms with van der Waals surface area (Å²) in [6.07, 6.45) is 3.91. The lowest BCUT2D eigenvalue weighted by Crippen LogP contribution is -2.43. The van der Waals surface area contributed by atoms with Gasteiger partial charge in [0.1, 0.15) is 12.4 Å². The topological polar surface area (TPSA) is 67.2 Å². The number of carbonyl (C=O) groups is 2. The fraction of sp³-hybridized carbons (Fsp3) is 0.409. The van der Waals surface area contributed by atoms with Crippen molar-refractivity contribution in [3.8, 4) is 0 Å². The molecule has 1 aliphatic heterocycles. The average Bonchev–Trinajstić information content (AvgIpc) is 3.37. The van der Waals surface area contributed by atoms with Crippen molar-refractivity contribution in [3.05, 3.63) is 52.5 Å². The fourth-order valence-electron chi connectivity index (χ4n) is 3.97. The van der Waals surface area contributed by atoms with Crippen LogP contribution in [0.2, 0.25) is 0 Å². The van der Waals surface area contributed by atoms with Gasteiger partial charge in [0, 0.05) is 25.6 Å². The molecule has 2 amide bonds. The van der Waals surface area contributed by atoms with Gasteiger partial charge in [-0.1, -0.05) is 18.2 Å². The van der Waals surface area contributed by atoms with E-state index in [1.165, 1.54) is 17.8 Å². The molecule has 1 aromatic carbocycles. The zero-order chi connectivity index (χ0) is 20.2. The number of nitrogens with zero attached hydrogens (tertiary/aromatic N) is 3. The first kappa shape index (κ1) is 19.6. The fourth-order valence-corrected chi connectivity index (χ4v) is 4.61. The molecule has 1 N–H and O–H groups in total. The number of benzene rings is 1. The summed E-state index contributed by atoms with van der Waals surface area (Å²) in [5, 5.41) is 4.84. The van der Waals surface area contributed by atoms with Crippen molar-refractivity contribution in [1.82, 2.24) is 19.8 Å². The second kappa shape index (κ2) is 8.78. The summed E-state index contributed by atoms with van der Waals surface area (Å²) in [6, 6.07) is 11.9. The molecular weight excluding hydrogens is 384 g/mol. The predicted molar refractivity (Wildman–Crippen MR) is 115 cm³/mol. The molecule has 7 heteroatoms. The highest BCUT2D eigenvalue weighted by molar-refractivity contribution is 7.12. The molecule has 152 valence electrons. The van der Waals surface area contributed by atoms with Gasteiger partial charge in [-0.15, -0.1) is 11.3 Å². The largest absolute Gasteiger partial charge is 0.351 e. The Kier molecular flexibility index (Phi) is 5.94. The third-order valence-corrected chi connectivity index (χ3v) is 6.40. The molecule has 1 saturated heterocycles. The number of aromatic nitrogens is 2. The number of hydrogen-bond acceptors (Lipinski definition) is 4. The number of piperidine rings is 1. The highest BCUT2D eigenvalue weighted by Gasteiger charge is 2.24. The third-order valence-electron chi connectivity index (χ3n) is 5.53. The maximum atomic E-state index is 13.0. The van der Waals surface area contributed by atoms with E-state index in [-0.39, 0.29) is 11.8 Å². The monoisotopic (exact) mass is 410 g/mol. The van der Waals surface area contributed by atoms with Crippen molar-refractivity contribution in [2.75, 3.05) is 13.1 Å². The number of rotatable bonds is 6. The zero-order valence-corrected chi connectivity index (χ0v) is 17.5. The zero-order valence-electron chi connectivity index (χ0n) is 16.6. The number of para-hydroxylation sites is 2. The molecule has 2 aromatic heterocycles. The summed E-state index contributed by atoms with van der Waals surface area (Å²) in [6.45, 7) is 3.73. The van der Waals surface area contributed by atoms with Crippen LogP contribution in [0.3, 0.4) is 0 Å². The van der Waals surface area contributed by atoms with Crippen molar-refractivity contribution in [1.29, 1.82) is 0 Å². The van der Waals surface area contributed by atoms with Gasteiger partial charge in [-0.25, -0.2) is 4.98 Å². The highest BCUT2D eigenvalue weighted by Crippen LogP contribution is 2.20.